The van der Waals surface area contributed by atoms with Gasteiger partial charge >= 0.3 is 41.9 Å². The van der Waals surface area contributed by atoms with Crippen LogP contribution in [0.5, 0.6) is 0 Å². The predicted molar refractivity (Wildman–Crippen MR) is 144 cm³/mol. The van der Waals surface area contributed by atoms with E-state index in [4.69, 9.17) is 0 Å². The third-order valence-corrected chi connectivity index (χ3v) is 5.72. The zero-order valence-corrected chi connectivity index (χ0v) is 24.9. The van der Waals surface area contributed by atoms with Gasteiger partial charge in [-0.3, -0.25) is 0 Å². The van der Waals surface area contributed by atoms with Crippen LogP contribution in [0.1, 0.15) is 60.1 Å². The van der Waals surface area contributed by atoms with Crippen LogP contribution in [-0.2, 0) is 36.2 Å². The first-order valence-electron chi connectivity index (χ1n) is 12.0. The summed E-state index contributed by atoms with van der Waals surface area (Å²) in [5.74, 6) is 0. The minimum atomic E-state index is 0.210. The second-order valence-corrected chi connectivity index (χ2v) is 18.7. The fraction of sp³-hybridized carbons (Fsp3) is 0.400. The summed E-state index contributed by atoms with van der Waals surface area (Å²) in [6, 6.07) is 18.3. The van der Waals surface area contributed by atoms with Gasteiger partial charge in [0, 0.05) is 0 Å². The van der Waals surface area contributed by atoms with Crippen LogP contribution in [0.15, 0.2) is 48.5 Å². The Labute approximate surface area is 211 Å². The van der Waals surface area contributed by atoms with E-state index in [1.165, 1.54) is 80.6 Å². The van der Waals surface area contributed by atoms with Crippen LogP contribution < -0.4 is 0 Å². The Morgan fingerprint density at radius 1 is 0.688 bits per heavy atom. The average Bonchev–Trinajstić information content (AvgIpc) is 3.30. The predicted octanol–water partition coefficient (Wildman–Crippen LogP) is 9.04. The maximum atomic E-state index is 2.31. The minimum absolute atomic E-state index is 0.210. The van der Waals surface area contributed by atoms with Crippen LogP contribution >= 0.6 is 0 Å². The molecule has 0 radical (unpaired) electrons. The van der Waals surface area contributed by atoms with Crippen molar-refractivity contribution < 1.29 is 23.3 Å². The van der Waals surface area contributed by atoms with Crippen molar-refractivity contribution in [2.24, 2.45) is 0 Å². The molecule has 4 aromatic rings. The molecular formula is C30H40SiZr. The molecule has 4 rings (SSSR count). The summed E-state index contributed by atoms with van der Waals surface area (Å²) in [4.78, 5) is 0. The van der Waals surface area contributed by atoms with Gasteiger partial charge < -0.3 is 0 Å². The van der Waals surface area contributed by atoms with E-state index in [1.807, 2.05) is 0 Å². The van der Waals surface area contributed by atoms with Crippen LogP contribution in [0.4, 0.5) is 0 Å². The molecule has 0 amide bonds. The quantitative estimate of drug-likeness (QED) is 0.186. The van der Waals surface area contributed by atoms with Crippen LogP contribution in [0.2, 0.25) is 13.1 Å². The molecule has 0 saturated carbocycles. The van der Waals surface area contributed by atoms with E-state index in [9.17, 15) is 0 Å². The van der Waals surface area contributed by atoms with Crippen molar-refractivity contribution in [3.8, 4) is 0 Å². The molecule has 168 valence electrons. The van der Waals surface area contributed by atoms with Gasteiger partial charge in [0.1, 0.15) is 0 Å². The van der Waals surface area contributed by atoms with E-state index >= 15 is 0 Å². The second kappa shape index (κ2) is 12.9. The van der Waals surface area contributed by atoms with Crippen molar-refractivity contribution in [3.05, 3.63) is 81.9 Å². The van der Waals surface area contributed by atoms with Gasteiger partial charge in [-0.15, -0.1) is 68.1 Å². The molecule has 2 heteroatoms. The van der Waals surface area contributed by atoms with Crippen LogP contribution in [-0.4, -0.2) is 5.43 Å². The number of benzene rings is 2. The van der Waals surface area contributed by atoms with Crippen molar-refractivity contribution in [1.29, 1.82) is 0 Å². The molecule has 0 aliphatic carbocycles. The summed E-state index contributed by atoms with van der Waals surface area (Å²) in [7, 11) is 0. The molecule has 0 aliphatic rings. The van der Waals surface area contributed by atoms with Crippen molar-refractivity contribution in [2.75, 3.05) is 0 Å². The molecule has 0 aliphatic heterocycles. The molecule has 0 saturated heterocycles. The van der Waals surface area contributed by atoms with Gasteiger partial charge in [0.25, 0.3) is 0 Å². The summed E-state index contributed by atoms with van der Waals surface area (Å²) in [6.45, 7) is 17.8. The van der Waals surface area contributed by atoms with Crippen LogP contribution in [0.3, 0.4) is 0 Å². The maximum absolute atomic E-state index is 2.31. The molecule has 0 heterocycles. The van der Waals surface area contributed by atoms with Crippen molar-refractivity contribution in [2.45, 2.75) is 80.3 Å². The van der Waals surface area contributed by atoms with E-state index in [-0.39, 0.29) is 5.43 Å². The Balaban J connectivity index is 0.000000195. The van der Waals surface area contributed by atoms with Crippen molar-refractivity contribution in [3.63, 3.8) is 0 Å². The zero-order chi connectivity index (χ0) is 23.8. The molecule has 4 aromatic carbocycles. The van der Waals surface area contributed by atoms with E-state index in [2.05, 4.69) is 103 Å². The normalized spacial score (nSPS) is 10.6. The summed E-state index contributed by atoms with van der Waals surface area (Å²) >= 11 is 1.74. The van der Waals surface area contributed by atoms with E-state index in [0.29, 0.717) is 0 Å². The van der Waals surface area contributed by atoms with Gasteiger partial charge in [0.15, 0.2) is 0 Å². The second-order valence-electron chi connectivity index (χ2n) is 9.30. The molecule has 0 spiro atoms. The molecule has 32 heavy (non-hydrogen) atoms. The molecule has 0 bridgehead atoms. The number of hydrogen-bond donors (Lipinski definition) is 0. The molecule has 0 unspecified atom stereocenters. The number of rotatable bonds is 4. The summed E-state index contributed by atoms with van der Waals surface area (Å²) in [5.41, 5.74) is 8.77. The first-order chi connectivity index (χ1) is 15.2. The summed E-state index contributed by atoms with van der Waals surface area (Å²) < 4.78 is 0. The number of fused-ring (bicyclic) bond motifs is 2. The Bertz CT molecular complexity index is 1080. The SMILES string of the molecule is CCCc1ccc(C)c2[cH-]c(C)cc12.CCCc1ccc(C)c2[cH-]c(C)cc12.C[Si](C)=[Zr+2]. The third kappa shape index (κ3) is 7.39. The fourth-order valence-corrected chi connectivity index (χ4v) is 4.27. The number of hydrogen-bond acceptors (Lipinski definition) is 0. The Kier molecular flexibility index (Phi) is 10.8. The van der Waals surface area contributed by atoms with Crippen molar-refractivity contribution >= 4 is 27.0 Å². The van der Waals surface area contributed by atoms with Crippen molar-refractivity contribution in [1.82, 2.24) is 0 Å². The Hall–Kier alpha value is -1.24. The third-order valence-electron chi connectivity index (χ3n) is 5.72. The monoisotopic (exact) mass is 518 g/mol. The molecule has 0 atom stereocenters. The molecular weight excluding hydrogens is 480 g/mol. The van der Waals surface area contributed by atoms with Crippen LogP contribution in [0.25, 0.3) is 21.5 Å². The summed E-state index contributed by atoms with van der Waals surface area (Å²) in [5, 5.41) is 5.80. The van der Waals surface area contributed by atoms with E-state index in [0.717, 1.165) is 0 Å². The number of aryl methyl sites for hydroxylation is 6. The molecule has 0 nitrogen and oxygen atoms in total. The first-order valence-corrected chi connectivity index (χ1v) is 18.2. The van der Waals surface area contributed by atoms with Gasteiger partial charge in [-0.2, -0.15) is 12.1 Å². The van der Waals surface area contributed by atoms with Gasteiger partial charge in [0.05, 0.1) is 0 Å². The van der Waals surface area contributed by atoms with Gasteiger partial charge in [-0.05, 0) is 12.8 Å². The average molecular weight is 520 g/mol. The van der Waals surface area contributed by atoms with Crippen LogP contribution in [0, 0.1) is 27.7 Å². The molecule has 0 N–H and O–H groups in total. The molecule has 0 fully saturated rings. The Morgan fingerprint density at radius 3 is 1.34 bits per heavy atom. The standard InChI is InChI=1S/2C14H17.C2H6Si.Zr/c2*1-4-5-12-7-6-11(3)13-8-10(2)9-14(12)13;1-3-2;/h2*6-9H,4-5H2,1-3H3;1-2H3;/q2*-1;;+2. The topological polar surface area (TPSA) is 0 Å². The Morgan fingerprint density at radius 2 is 1.03 bits per heavy atom. The zero-order valence-electron chi connectivity index (χ0n) is 21.4. The fourth-order valence-electron chi connectivity index (χ4n) is 4.27. The van der Waals surface area contributed by atoms with Gasteiger partial charge in [-0.25, -0.2) is 0 Å². The van der Waals surface area contributed by atoms with Gasteiger partial charge in [0.2, 0.25) is 0 Å². The van der Waals surface area contributed by atoms with E-state index in [1.54, 1.807) is 23.3 Å². The summed E-state index contributed by atoms with van der Waals surface area (Å²) in [6.07, 6.45) is 4.84. The van der Waals surface area contributed by atoms with Gasteiger partial charge in [-0.1, -0.05) is 77.6 Å². The van der Waals surface area contributed by atoms with E-state index < -0.39 is 0 Å². The molecule has 0 aromatic heterocycles. The first kappa shape index (κ1) is 27.0.